The van der Waals surface area contributed by atoms with Crippen molar-refractivity contribution in [2.75, 3.05) is 47.8 Å². The number of nitrogens with one attached hydrogen (secondary N) is 1. The fourth-order valence-electron chi connectivity index (χ4n) is 16.9. The monoisotopic (exact) mass is 1940 g/mol. The molecule has 6 aromatic heterocycles. The number of hydrogen-bond donors (Lipinski definition) is 3. The van der Waals surface area contributed by atoms with E-state index in [1.165, 1.54) is 36.3 Å². The van der Waals surface area contributed by atoms with Crippen LogP contribution in [0.4, 0.5) is 0 Å². The predicted octanol–water partition coefficient (Wildman–Crippen LogP) is 14.2. The Morgan fingerprint density at radius 3 is 1.35 bits per heavy atom. The highest BCUT2D eigenvalue weighted by Gasteiger charge is 2.49. The molecule has 0 radical (unpaired) electrons. The molecule has 7 aliphatic rings. The third-order valence-electron chi connectivity index (χ3n) is 26.7. The number of aliphatic hydroxyl groups is 2. The van der Waals surface area contributed by atoms with Gasteiger partial charge >= 0.3 is 53.7 Å². The van der Waals surface area contributed by atoms with Gasteiger partial charge in [0, 0.05) is 35.1 Å². The van der Waals surface area contributed by atoms with Crippen LogP contribution < -0.4 is 30.9 Å². The minimum Gasteiger partial charge on any atom is -0.505 e. The van der Waals surface area contributed by atoms with Crippen molar-refractivity contribution in [2.24, 2.45) is 0 Å². The molecule has 7 atom stereocenters. The molecule has 14 rings (SSSR count). The Balaban J connectivity index is 0.000000189. The van der Waals surface area contributed by atoms with Crippen LogP contribution >= 0.6 is 0 Å². The van der Waals surface area contributed by atoms with Gasteiger partial charge in [0.1, 0.15) is 48.9 Å². The minimum atomic E-state index is -1.80. The number of methoxy groups -OCH3 is 3. The Bertz CT molecular complexity index is 6080. The molecule has 0 saturated heterocycles. The van der Waals surface area contributed by atoms with Crippen molar-refractivity contribution in [1.29, 1.82) is 0 Å². The van der Waals surface area contributed by atoms with Gasteiger partial charge in [0.25, 0.3) is 16.7 Å². The minimum absolute atomic E-state index is 0.0110. The largest absolute Gasteiger partial charge is 0.505 e. The number of hydrogen-bond acceptors (Lipinski definition) is 33. The summed E-state index contributed by atoms with van der Waals surface area (Å²) in [6.45, 7) is 39.0. The molecule has 0 spiro atoms. The van der Waals surface area contributed by atoms with Crippen LogP contribution in [-0.4, -0.2) is 164 Å². The molecule has 36 nitrogen and oxygen atoms in total. The first-order chi connectivity index (χ1) is 66.2. The van der Waals surface area contributed by atoms with E-state index in [1.807, 2.05) is 91.8 Å². The molecule has 0 amide bonds. The predicted molar refractivity (Wildman–Crippen MR) is 509 cm³/mol. The second-order valence-electron chi connectivity index (χ2n) is 36.8. The highest BCUT2D eigenvalue weighted by molar-refractivity contribution is 5.99. The molecule has 140 heavy (non-hydrogen) atoms. The lowest BCUT2D eigenvalue weighted by Gasteiger charge is -2.41. The lowest BCUT2D eigenvalue weighted by atomic mass is 9.72. The van der Waals surface area contributed by atoms with Gasteiger partial charge in [0.15, 0.2) is 34.4 Å². The average molecular weight is 1950 g/mol. The van der Waals surface area contributed by atoms with E-state index in [1.54, 1.807) is 86.8 Å². The quantitative estimate of drug-likeness (QED) is 0.0303. The summed E-state index contributed by atoms with van der Waals surface area (Å²) in [6, 6.07) is 19.3. The summed E-state index contributed by atoms with van der Waals surface area (Å²) < 4.78 is 77.1. The van der Waals surface area contributed by atoms with E-state index in [-0.39, 0.29) is 151 Å². The van der Waals surface area contributed by atoms with Crippen molar-refractivity contribution in [2.45, 2.75) is 313 Å². The van der Waals surface area contributed by atoms with Gasteiger partial charge < -0.3 is 90.6 Å². The maximum atomic E-state index is 12.9. The standard InChI is InChI=1S/C23H29NO6.C19H23NO6.C17H25NO4.C16H21NO5.C15H19NO5.C14H15NO4/c1-5-12-30-22(26)20-13-19(23(27,6-2)16(3)25)18(21(24-20)28-4)15-29-14-17-10-8-7-9-11-17;1-6-19(5)12-7-13-14(21)10(16(23)26-18(2,3)4)8-20(13)15(22)11(12)9-25-17(19)24;1-6-8-21-16(19)14-9-13-12(15(18-14)20-5)10-22-11(3)17(13,4)7-2;1-5-7-21-14(18)12-8-11-10(13(17-12)20-4)9-22-15(19)16(11,3)6-2;1-4-6-20-13(18)11-7-10-9(12(17)16-11)8-21-14(19)15(10,3)5-2;1-3-14(2)9-6-10-11(16)4-5-15(10)12(17)8(9)7-19-13(14)18/h7-11,13,27H,5-6,12,14-15H2,1-4H3;7,21H,6,8-9H2,1-5H3;9,11H,6-8,10H2,1-5H3;8H,5-7,9H2,1-4H3;7H,4-6,8H2,1-3H3,(H,16,17);6H,3-5,7H2,1-2H3. The zero-order valence-corrected chi connectivity index (χ0v) is 84.5. The normalized spacial score (nSPS) is 20.2. The molecule has 758 valence electrons. The number of H-pyrrole nitrogens is 1. The molecule has 1 aromatic carbocycles. The average Bonchev–Trinajstić information content (AvgIpc) is 1.59. The summed E-state index contributed by atoms with van der Waals surface area (Å²) in [5.41, 5.74) is 2.11. The second kappa shape index (κ2) is 46.8. The van der Waals surface area contributed by atoms with E-state index in [0.29, 0.717) is 146 Å². The first kappa shape index (κ1) is 111. The SMILES string of the molecule is CCC1(C)C(=O)OCc2c1cc1n(c2=O)CC(C(=O)OC(C)(C)C)=C1O.CCC1(C)C(=O)OCc2c1cc1n(c2=O)CCC1=O.CCCOC(=O)c1cc(C(O)(CC)C(C)=O)c(COCc2ccccc2)c(OC)n1.CCCOC(=O)c1cc2c(c(=O)[nH]1)COC(=O)C2(C)CC.CCCOC(=O)c1cc2c(c(OC)n1)COC(=O)C2(C)CC.CCCOC(=O)c1cc2c(c(OC)n1)COC(C)C2(C)CC. The maximum absolute atomic E-state index is 12.9. The number of ketones is 2. The van der Waals surface area contributed by atoms with E-state index >= 15 is 0 Å². The number of aromatic amines is 1. The van der Waals surface area contributed by atoms with Gasteiger partial charge in [-0.05, 0) is 196 Å². The van der Waals surface area contributed by atoms with Crippen molar-refractivity contribution >= 4 is 71.0 Å². The number of carbonyl (C=O) groups is 11. The zero-order valence-electron chi connectivity index (χ0n) is 84.5. The number of fused-ring (bicyclic) bond motifs is 7. The number of ether oxygens (including phenoxy) is 14. The van der Waals surface area contributed by atoms with Crippen molar-refractivity contribution in [3.8, 4) is 17.6 Å². The number of pyridine rings is 6. The molecular weight excluding hydrogens is 1810 g/mol. The van der Waals surface area contributed by atoms with Gasteiger partial charge in [-0.2, -0.15) is 0 Å². The zero-order chi connectivity index (χ0) is 104. The van der Waals surface area contributed by atoms with Crippen LogP contribution in [0.1, 0.15) is 340 Å². The fourth-order valence-corrected chi connectivity index (χ4v) is 16.9. The number of carbonyl (C=O) groups excluding carboxylic acids is 11. The van der Waals surface area contributed by atoms with Crippen LogP contribution in [0.5, 0.6) is 17.6 Å². The Morgan fingerprint density at radius 1 is 0.493 bits per heavy atom. The Morgan fingerprint density at radius 2 is 0.907 bits per heavy atom. The number of aliphatic hydroxyl groups excluding tert-OH is 1. The van der Waals surface area contributed by atoms with Crippen LogP contribution in [0.3, 0.4) is 0 Å². The number of nitrogens with zero attached hydrogens (tertiary/aromatic N) is 5. The lowest BCUT2D eigenvalue weighted by Crippen LogP contribution is -2.42. The fraction of sp³-hybridized carbons (Fsp3) is 0.529. The van der Waals surface area contributed by atoms with E-state index in [4.69, 9.17) is 66.3 Å². The number of Topliss-reactive ketones (excluding diaryl/α,β-unsaturated/α-hetero) is 2. The molecule has 0 aliphatic carbocycles. The summed E-state index contributed by atoms with van der Waals surface area (Å²) in [6.07, 6.45) is 6.32. The van der Waals surface area contributed by atoms with Crippen LogP contribution in [0.15, 0.2) is 86.7 Å². The van der Waals surface area contributed by atoms with Crippen molar-refractivity contribution < 1.29 is 129 Å². The maximum Gasteiger partial charge on any atom is 0.357 e. The first-order valence-corrected chi connectivity index (χ1v) is 47.3. The van der Waals surface area contributed by atoms with Crippen LogP contribution in [0.25, 0.3) is 5.76 Å². The summed E-state index contributed by atoms with van der Waals surface area (Å²) in [4.78, 5) is 186. The van der Waals surface area contributed by atoms with Gasteiger partial charge in [-0.1, -0.05) is 106 Å². The molecule has 7 aromatic rings. The van der Waals surface area contributed by atoms with Crippen molar-refractivity contribution in [3.63, 3.8) is 0 Å². The lowest BCUT2D eigenvalue weighted by molar-refractivity contribution is -0.154. The Kier molecular flexibility index (Phi) is 36.9. The number of benzene rings is 1. The highest BCUT2D eigenvalue weighted by Crippen LogP contribution is 2.46. The van der Waals surface area contributed by atoms with Crippen LogP contribution in [0, 0.1) is 0 Å². The molecule has 36 heteroatoms. The Labute approximate surface area is 813 Å². The van der Waals surface area contributed by atoms with E-state index < -0.39 is 80.0 Å². The van der Waals surface area contributed by atoms with E-state index in [9.17, 15) is 77.3 Å². The molecule has 7 unspecified atom stereocenters. The third-order valence-corrected chi connectivity index (χ3v) is 26.7. The summed E-state index contributed by atoms with van der Waals surface area (Å²) >= 11 is 0. The van der Waals surface area contributed by atoms with Crippen LogP contribution in [-0.2, 0) is 173 Å². The van der Waals surface area contributed by atoms with E-state index in [0.717, 1.165) is 41.5 Å². The first-order valence-electron chi connectivity index (χ1n) is 47.3. The molecular formula is C104H132N6O30. The molecule has 13 heterocycles. The topological polar surface area (TPSA) is 473 Å². The van der Waals surface area contributed by atoms with Gasteiger partial charge in [-0.15, -0.1) is 0 Å². The van der Waals surface area contributed by atoms with Gasteiger partial charge in [-0.3, -0.25) is 43.2 Å². The molecule has 0 bridgehead atoms. The summed E-state index contributed by atoms with van der Waals surface area (Å²) in [7, 11) is 4.45. The third kappa shape index (κ3) is 23.1. The Hall–Kier alpha value is -13.1. The number of cyclic esters (lactones) is 4. The molecule has 0 saturated carbocycles. The van der Waals surface area contributed by atoms with Gasteiger partial charge in [0.2, 0.25) is 17.6 Å². The van der Waals surface area contributed by atoms with Gasteiger partial charge in [0.05, 0.1) is 136 Å². The van der Waals surface area contributed by atoms with Crippen LogP contribution in [0.2, 0.25) is 0 Å². The molecule has 3 N–H and O–H groups in total. The summed E-state index contributed by atoms with van der Waals surface area (Å²) in [5.74, 6) is -4.11. The smallest absolute Gasteiger partial charge is 0.357 e. The summed E-state index contributed by atoms with van der Waals surface area (Å²) in [5, 5.41) is 21.7. The number of aromatic nitrogens is 6. The van der Waals surface area contributed by atoms with Crippen molar-refractivity contribution in [3.05, 3.63) is 210 Å². The number of rotatable bonds is 28. The second-order valence-corrected chi connectivity index (χ2v) is 36.8. The number of esters is 9. The van der Waals surface area contributed by atoms with Gasteiger partial charge in [-0.25, -0.2) is 38.9 Å². The van der Waals surface area contributed by atoms with Crippen molar-refractivity contribution in [1.82, 2.24) is 29.1 Å². The highest BCUT2D eigenvalue weighted by atomic mass is 16.6. The van der Waals surface area contributed by atoms with E-state index in [2.05, 4.69) is 40.7 Å². The molecule has 0 fully saturated rings. The molecule has 7 aliphatic heterocycles.